The summed E-state index contributed by atoms with van der Waals surface area (Å²) in [5, 5.41) is 51.7. The molecule has 0 aliphatic carbocycles. The Labute approximate surface area is 213 Å². The first-order chi connectivity index (χ1) is 13.6. The number of nitrogens with one attached hydrogen (secondary N) is 2. The van der Waals surface area contributed by atoms with Crippen LogP contribution in [0.2, 0.25) is 0 Å². The zero-order valence-corrected chi connectivity index (χ0v) is 20.0. The van der Waals surface area contributed by atoms with Crippen molar-refractivity contribution in [1.29, 1.82) is 0 Å². The van der Waals surface area contributed by atoms with Crippen LogP contribution in [0.5, 0.6) is 0 Å². The molecule has 0 aliphatic heterocycles. The fraction of sp³-hybridized carbons (Fsp3) is 0.812. The number of aliphatic hydroxyl groups is 2. The largest absolute Gasteiger partial charge is 3.00 e. The van der Waals surface area contributed by atoms with E-state index >= 15 is 0 Å². The van der Waals surface area contributed by atoms with E-state index in [2.05, 4.69) is 10.6 Å². The van der Waals surface area contributed by atoms with Crippen molar-refractivity contribution >= 4 is 17.9 Å². The Kier molecular flexibility index (Phi) is 22.6. The van der Waals surface area contributed by atoms with Crippen molar-refractivity contribution in [3.05, 3.63) is 0 Å². The summed E-state index contributed by atoms with van der Waals surface area (Å²) >= 11 is 0. The maximum Gasteiger partial charge on any atom is 3.00 e. The predicted octanol–water partition coefficient (Wildman–Crippen LogP) is -4.70. The third-order valence-electron chi connectivity index (χ3n) is 4.07. The third kappa shape index (κ3) is 19.8. The molecule has 0 bridgehead atoms. The molecule has 0 aromatic carbocycles. The molecule has 0 saturated carbocycles. The van der Waals surface area contributed by atoms with Crippen molar-refractivity contribution in [3.63, 3.8) is 0 Å². The Morgan fingerprint density at radius 3 is 1.19 bits per heavy atom. The summed E-state index contributed by atoms with van der Waals surface area (Å²) in [7, 11) is 3.05. The molecule has 0 heterocycles. The van der Waals surface area contributed by atoms with Crippen molar-refractivity contribution in [1.82, 2.24) is 25.3 Å². The standard InChI is InChI=1S/C16H33N5O8.Gd.H2O/c1-17-12(22)7-20(10-15(26)27)5-3-19(9-14(24)25)4-6-21(11-16(28)29)8-13(23)18-2;;/h12-13,17-18,22-23H,3-11H2,1-2H3,(H,24,25)(H,26,27)(H,28,29);;1H2/q;+3;/p+1. The first kappa shape index (κ1) is 35.0. The second-order valence-corrected chi connectivity index (χ2v) is 6.54. The number of likely N-dealkylation sites (N-methyl/N-ethyl adjacent to an activating group) is 2. The molecular weight excluding hydrogens is 563 g/mol. The molecule has 1 radical (unpaired) electrons. The number of hydrogen-bond donors (Lipinski definition) is 7. The van der Waals surface area contributed by atoms with Gasteiger partial charge < -0.3 is 31.0 Å². The summed E-state index contributed by atoms with van der Waals surface area (Å²) in [5.41, 5.74) is 0. The molecule has 10 N–H and O–H groups in total. The number of carboxylic acid groups (broad SMARTS) is 3. The van der Waals surface area contributed by atoms with Gasteiger partial charge in [0.15, 0.2) is 0 Å². The molecule has 0 aromatic rings. The SMILES string of the molecule is CNC(O)CN(CCN(CCN(CC(=O)O)CC(O)NC)CC(=O)O)CC(=O)O.[Gd+3].[OH3+]. The van der Waals surface area contributed by atoms with Gasteiger partial charge in [-0.25, -0.2) is 0 Å². The van der Waals surface area contributed by atoms with Gasteiger partial charge in [0.05, 0.1) is 19.6 Å². The van der Waals surface area contributed by atoms with Crippen molar-refractivity contribution in [2.45, 2.75) is 12.5 Å². The van der Waals surface area contributed by atoms with Crippen LogP contribution < -0.4 is 10.6 Å². The van der Waals surface area contributed by atoms with Crippen LogP contribution in [0.3, 0.4) is 0 Å². The summed E-state index contributed by atoms with van der Waals surface area (Å²) in [6, 6.07) is 0. The fourth-order valence-electron chi connectivity index (χ4n) is 2.55. The number of carbonyl (C=O) groups is 3. The van der Waals surface area contributed by atoms with Crippen LogP contribution in [0.25, 0.3) is 0 Å². The van der Waals surface area contributed by atoms with E-state index < -0.39 is 30.4 Å². The molecule has 0 rings (SSSR count). The quantitative estimate of drug-likeness (QED) is 0.0582. The van der Waals surface area contributed by atoms with Crippen LogP contribution in [0.15, 0.2) is 0 Å². The Bertz CT molecular complexity index is 482. The summed E-state index contributed by atoms with van der Waals surface area (Å²) in [6.07, 6.45) is -1.87. The van der Waals surface area contributed by atoms with E-state index in [1.165, 1.54) is 23.9 Å². The number of aliphatic hydroxyl groups excluding tert-OH is 2. The molecule has 2 atom stereocenters. The smallest absolute Gasteiger partial charge is 0.480 e. The molecule has 14 nitrogen and oxygen atoms in total. The first-order valence-corrected chi connectivity index (χ1v) is 9.10. The van der Waals surface area contributed by atoms with E-state index in [9.17, 15) is 24.6 Å². The van der Waals surface area contributed by atoms with Crippen molar-refractivity contribution in [3.8, 4) is 0 Å². The van der Waals surface area contributed by atoms with Gasteiger partial charge in [-0.3, -0.25) is 39.7 Å². The fourth-order valence-corrected chi connectivity index (χ4v) is 2.55. The minimum Gasteiger partial charge on any atom is -0.480 e. The zero-order valence-electron chi connectivity index (χ0n) is 17.8. The summed E-state index contributed by atoms with van der Waals surface area (Å²) in [4.78, 5) is 37.6. The molecule has 15 heteroatoms. The van der Waals surface area contributed by atoms with Crippen LogP contribution in [0.1, 0.15) is 0 Å². The molecule has 0 aromatic heterocycles. The monoisotopic (exact) mass is 600 g/mol. The number of aliphatic carboxylic acids is 3. The van der Waals surface area contributed by atoms with Crippen molar-refractivity contribution in [2.75, 3.05) is 73.0 Å². The molecule has 0 saturated heterocycles. The van der Waals surface area contributed by atoms with Crippen LogP contribution in [0, 0.1) is 39.9 Å². The van der Waals surface area contributed by atoms with Crippen LogP contribution >= 0.6 is 0 Å². The normalized spacial score (nSPS) is 12.9. The molecule has 2 unspecified atom stereocenters. The summed E-state index contributed by atoms with van der Waals surface area (Å²) in [5.74, 6) is -3.23. The topological polar surface area (TPSA) is 219 Å². The van der Waals surface area contributed by atoms with E-state index in [0.29, 0.717) is 0 Å². The maximum absolute atomic E-state index is 11.1. The minimum absolute atomic E-state index is 0. The summed E-state index contributed by atoms with van der Waals surface area (Å²) in [6.45, 7) is -0.0838. The van der Waals surface area contributed by atoms with Crippen molar-refractivity contribution in [2.24, 2.45) is 0 Å². The third-order valence-corrected chi connectivity index (χ3v) is 4.07. The molecule has 0 aliphatic rings. The van der Waals surface area contributed by atoms with Gasteiger partial charge in [0, 0.05) is 39.3 Å². The minimum atomic E-state index is -1.08. The van der Waals surface area contributed by atoms with Gasteiger partial charge >= 0.3 is 57.8 Å². The Hall–Kier alpha value is -0.585. The summed E-state index contributed by atoms with van der Waals surface area (Å²) < 4.78 is 0. The molecular formula is C16H36GdN5O9+4. The van der Waals surface area contributed by atoms with E-state index in [0.717, 1.165) is 0 Å². The molecule has 0 amide bonds. The van der Waals surface area contributed by atoms with Crippen LogP contribution in [0.4, 0.5) is 0 Å². The second kappa shape index (κ2) is 20.1. The second-order valence-electron chi connectivity index (χ2n) is 6.54. The van der Waals surface area contributed by atoms with E-state index in [4.69, 9.17) is 15.3 Å². The molecule has 31 heavy (non-hydrogen) atoms. The van der Waals surface area contributed by atoms with E-state index in [-0.39, 0.29) is 104 Å². The number of nitrogens with zero attached hydrogens (tertiary/aromatic N) is 3. The Balaban J connectivity index is -0.00000392. The predicted molar refractivity (Wildman–Crippen MR) is 107 cm³/mol. The average Bonchev–Trinajstić information content (AvgIpc) is 2.61. The molecule has 183 valence electrons. The number of carboxylic acids is 3. The van der Waals surface area contributed by atoms with Gasteiger partial charge in [-0.1, -0.05) is 0 Å². The average molecular weight is 600 g/mol. The zero-order chi connectivity index (χ0) is 22.4. The van der Waals surface area contributed by atoms with Gasteiger partial charge in [0.2, 0.25) is 0 Å². The van der Waals surface area contributed by atoms with Crippen LogP contribution in [-0.2, 0) is 19.9 Å². The maximum atomic E-state index is 11.1. The van der Waals surface area contributed by atoms with Gasteiger partial charge in [-0.05, 0) is 14.1 Å². The molecule has 0 spiro atoms. The van der Waals surface area contributed by atoms with E-state index in [1.54, 1.807) is 4.90 Å². The Morgan fingerprint density at radius 1 is 0.677 bits per heavy atom. The molecule has 0 fully saturated rings. The van der Waals surface area contributed by atoms with E-state index in [1.807, 2.05) is 0 Å². The number of hydrogen-bond acceptors (Lipinski definition) is 10. The van der Waals surface area contributed by atoms with Gasteiger partial charge in [0.25, 0.3) is 0 Å². The van der Waals surface area contributed by atoms with Gasteiger partial charge in [0.1, 0.15) is 12.5 Å². The first-order valence-electron chi connectivity index (χ1n) is 9.10. The van der Waals surface area contributed by atoms with Gasteiger partial charge in [-0.15, -0.1) is 0 Å². The van der Waals surface area contributed by atoms with Crippen molar-refractivity contribution < 1.29 is 85.3 Å². The van der Waals surface area contributed by atoms with Crippen LogP contribution in [-0.4, -0.2) is 144 Å². The number of rotatable bonds is 18. The van der Waals surface area contributed by atoms with Gasteiger partial charge in [-0.2, -0.15) is 0 Å². The Morgan fingerprint density at radius 2 is 0.935 bits per heavy atom.